The van der Waals surface area contributed by atoms with Gasteiger partial charge in [0.1, 0.15) is 0 Å². The topological polar surface area (TPSA) is 26.0 Å². The van der Waals surface area contributed by atoms with Gasteiger partial charge in [-0.1, -0.05) is 18.9 Å². The van der Waals surface area contributed by atoms with E-state index in [1.54, 1.807) is 11.3 Å². The Balaban J connectivity index is 1.93. The van der Waals surface area contributed by atoms with E-state index in [4.69, 9.17) is 5.73 Å². The highest BCUT2D eigenvalue weighted by Gasteiger charge is 2.24. The molecule has 11 heavy (non-hydrogen) atoms. The molecular formula is C9H13NS. The maximum absolute atomic E-state index is 5.99. The normalized spacial score (nSPS) is 20.1. The molecule has 2 N–H and O–H groups in total. The van der Waals surface area contributed by atoms with E-state index in [0.29, 0.717) is 6.04 Å². The summed E-state index contributed by atoms with van der Waals surface area (Å²) in [5, 5.41) is 2.10. The quantitative estimate of drug-likeness (QED) is 0.735. The van der Waals surface area contributed by atoms with Crippen molar-refractivity contribution in [2.45, 2.75) is 25.3 Å². The van der Waals surface area contributed by atoms with E-state index in [2.05, 4.69) is 17.5 Å². The SMILES string of the molecule is N[C@H](CC1CC1)c1cccs1. The lowest BCUT2D eigenvalue weighted by Gasteiger charge is -2.06. The molecule has 1 saturated carbocycles. The number of hydrogen-bond acceptors (Lipinski definition) is 2. The summed E-state index contributed by atoms with van der Waals surface area (Å²) in [5.41, 5.74) is 5.99. The standard InChI is InChI=1S/C9H13NS/c10-8(6-7-3-4-7)9-2-1-5-11-9/h1-2,5,7-8H,3-4,6,10H2/t8-/m1/s1. The largest absolute Gasteiger partial charge is 0.323 e. The molecule has 0 saturated heterocycles. The second-order valence-electron chi connectivity index (χ2n) is 3.30. The van der Waals surface area contributed by atoms with Crippen molar-refractivity contribution < 1.29 is 0 Å². The third-order valence-corrected chi connectivity index (χ3v) is 3.20. The Morgan fingerprint density at radius 2 is 2.45 bits per heavy atom. The van der Waals surface area contributed by atoms with Crippen LogP contribution in [0.5, 0.6) is 0 Å². The molecule has 0 spiro atoms. The summed E-state index contributed by atoms with van der Waals surface area (Å²) in [4.78, 5) is 1.34. The summed E-state index contributed by atoms with van der Waals surface area (Å²) in [7, 11) is 0. The lowest BCUT2D eigenvalue weighted by Crippen LogP contribution is -2.08. The van der Waals surface area contributed by atoms with Crippen LogP contribution in [0, 0.1) is 5.92 Å². The van der Waals surface area contributed by atoms with Crippen LogP contribution in [0.2, 0.25) is 0 Å². The van der Waals surface area contributed by atoms with Gasteiger partial charge in [0, 0.05) is 10.9 Å². The van der Waals surface area contributed by atoms with Gasteiger partial charge < -0.3 is 5.73 Å². The Bertz CT molecular complexity index is 213. The maximum atomic E-state index is 5.99. The summed E-state index contributed by atoms with van der Waals surface area (Å²) in [6.07, 6.45) is 4.00. The predicted molar refractivity (Wildman–Crippen MR) is 48.6 cm³/mol. The molecule has 1 aliphatic carbocycles. The lowest BCUT2D eigenvalue weighted by molar-refractivity contribution is 0.605. The van der Waals surface area contributed by atoms with E-state index < -0.39 is 0 Å². The molecule has 1 fully saturated rings. The van der Waals surface area contributed by atoms with Crippen LogP contribution < -0.4 is 5.73 Å². The second kappa shape index (κ2) is 2.95. The summed E-state index contributed by atoms with van der Waals surface area (Å²) in [6, 6.07) is 4.52. The van der Waals surface area contributed by atoms with E-state index in [-0.39, 0.29) is 0 Å². The third-order valence-electron chi connectivity index (χ3n) is 2.19. The van der Waals surface area contributed by atoms with E-state index in [1.807, 2.05) is 0 Å². The Hall–Kier alpha value is -0.340. The molecule has 60 valence electrons. The molecule has 1 aromatic heterocycles. The molecule has 1 nitrogen and oxygen atoms in total. The average Bonchev–Trinajstić information content (AvgIpc) is 2.67. The summed E-state index contributed by atoms with van der Waals surface area (Å²) in [5.74, 6) is 0.937. The highest BCUT2D eigenvalue weighted by molar-refractivity contribution is 7.10. The van der Waals surface area contributed by atoms with Crippen molar-refractivity contribution in [3.05, 3.63) is 22.4 Å². The molecule has 0 radical (unpaired) electrons. The zero-order valence-electron chi connectivity index (χ0n) is 6.49. The Kier molecular flexibility index (Phi) is 1.96. The van der Waals surface area contributed by atoms with Gasteiger partial charge in [-0.25, -0.2) is 0 Å². The van der Waals surface area contributed by atoms with Crippen LogP contribution in [-0.2, 0) is 0 Å². The van der Waals surface area contributed by atoms with Crippen LogP contribution in [0.4, 0.5) is 0 Å². The van der Waals surface area contributed by atoms with Crippen molar-refractivity contribution in [2.24, 2.45) is 11.7 Å². The highest BCUT2D eigenvalue weighted by atomic mass is 32.1. The minimum absolute atomic E-state index is 0.308. The van der Waals surface area contributed by atoms with Crippen molar-refractivity contribution in [3.8, 4) is 0 Å². The molecule has 0 unspecified atom stereocenters. The molecule has 1 atom stereocenters. The van der Waals surface area contributed by atoms with Crippen LogP contribution in [0.25, 0.3) is 0 Å². The van der Waals surface area contributed by atoms with Crippen LogP contribution >= 0.6 is 11.3 Å². The average molecular weight is 167 g/mol. The molecule has 0 bridgehead atoms. The van der Waals surface area contributed by atoms with Crippen molar-refractivity contribution in [1.29, 1.82) is 0 Å². The van der Waals surface area contributed by atoms with Crippen LogP contribution in [-0.4, -0.2) is 0 Å². The number of hydrogen-bond donors (Lipinski definition) is 1. The van der Waals surface area contributed by atoms with Gasteiger partial charge in [0.25, 0.3) is 0 Å². The Morgan fingerprint density at radius 3 is 3.00 bits per heavy atom. The number of rotatable bonds is 3. The first-order chi connectivity index (χ1) is 5.36. The van der Waals surface area contributed by atoms with E-state index >= 15 is 0 Å². The van der Waals surface area contributed by atoms with Crippen LogP contribution in [0.15, 0.2) is 17.5 Å². The Labute approximate surface area is 71.2 Å². The molecule has 0 amide bonds. The fourth-order valence-corrected chi connectivity index (χ4v) is 2.07. The third kappa shape index (κ3) is 1.82. The van der Waals surface area contributed by atoms with Gasteiger partial charge in [0.2, 0.25) is 0 Å². The van der Waals surface area contributed by atoms with Gasteiger partial charge in [-0.3, -0.25) is 0 Å². The van der Waals surface area contributed by atoms with Gasteiger partial charge in [-0.05, 0) is 23.8 Å². The first-order valence-electron chi connectivity index (χ1n) is 4.15. The van der Waals surface area contributed by atoms with E-state index in [9.17, 15) is 0 Å². The molecular weight excluding hydrogens is 154 g/mol. The minimum atomic E-state index is 0.308. The molecule has 2 heteroatoms. The Morgan fingerprint density at radius 1 is 1.64 bits per heavy atom. The molecule has 1 aliphatic rings. The van der Waals surface area contributed by atoms with Gasteiger partial charge in [-0.2, -0.15) is 0 Å². The summed E-state index contributed by atoms with van der Waals surface area (Å²) in [6.45, 7) is 0. The number of nitrogens with two attached hydrogens (primary N) is 1. The second-order valence-corrected chi connectivity index (χ2v) is 4.28. The summed E-state index contributed by atoms with van der Waals surface area (Å²) >= 11 is 1.78. The molecule has 0 aromatic carbocycles. The smallest absolute Gasteiger partial charge is 0.0392 e. The zero-order valence-corrected chi connectivity index (χ0v) is 7.31. The summed E-state index contributed by atoms with van der Waals surface area (Å²) < 4.78 is 0. The fraction of sp³-hybridized carbons (Fsp3) is 0.556. The zero-order chi connectivity index (χ0) is 7.68. The van der Waals surface area contributed by atoms with Gasteiger partial charge >= 0.3 is 0 Å². The molecule has 1 aromatic rings. The van der Waals surface area contributed by atoms with Crippen LogP contribution in [0.1, 0.15) is 30.2 Å². The molecule has 0 aliphatic heterocycles. The highest BCUT2D eigenvalue weighted by Crippen LogP contribution is 2.37. The van der Waals surface area contributed by atoms with Crippen LogP contribution in [0.3, 0.4) is 0 Å². The van der Waals surface area contributed by atoms with Crippen molar-refractivity contribution in [3.63, 3.8) is 0 Å². The lowest BCUT2D eigenvalue weighted by atomic mass is 10.1. The first-order valence-corrected chi connectivity index (χ1v) is 5.03. The maximum Gasteiger partial charge on any atom is 0.0392 e. The molecule has 1 heterocycles. The van der Waals surface area contributed by atoms with E-state index in [1.165, 1.54) is 24.1 Å². The van der Waals surface area contributed by atoms with Gasteiger partial charge in [0.05, 0.1) is 0 Å². The first kappa shape index (κ1) is 7.32. The van der Waals surface area contributed by atoms with E-state index in [0.717, 1.165) is 5.92 Å². The van der Waals surface area contributed by atoms with Crippen molar-refractivity contribution >= 4 is 11.3 Å². The van der Waals surface area contributed by atoms with Gasteiger partial charge in [0.15, 0.2) is 0 Å². The van der Waals surface area contributed by atoms with Crippen molar-refractivity contribution in [1.82, 2.24) is 0 Å². The van der Waals surface area contributed by atoms with Crippen molar-refractivity contribution in [2.75, 3.05) is 0 Å². The minimum Gasteiger partial charge on any atom is -0.323 e. The monoisotopic (exact) mass is 167 g/mol. The number of thiophene rings is 1. The van der Waals surface area contributed by atoms with Gasteiger partial charge in [-0.15, -0.1) is 11.3 Å². The molecule has 2 rings (SSSR count). The predicted octanol–water partition coefficient (Wildman–Crippen LogP) is 2.55. The fourth-order valence-electron chi connectivity index (χ4n) is 1.33.